The Morgan fingerprint density at radius 3 is 2.06 bits per heavy atom. The van der Waals surface area contributed by atoms with Crippen LogP contribution in [-0.2, 0) is 14.3 Å². The van der Waals surface area contributed by atoms with Crippen molar-refractivity contribution in [3.8, 4) is 0 Å². The Hall–Kier alpha value is -1.40. The van der Waals surface area contributed by atoms with Gasteiger partial charge >= 0.3 is 0 Å². The molecule has 1 aromatic carbocycles. The minimum Gasteiger partial charge on any atom is -0.367 e. The van der Waals surface area contributed by atoms with E-state index in [0.717, 1.165) is 4.47 Å². The van der Waals surface area contributed by atoms with Crippen molar-refractivity contribution in [2.24, 2.45) is 11.5 Å². The molecular formula is C10H9BrN2O3. The third-order valence-corrected chi connectivity index (χ3v) is 3.05. The number of benzene rings is 1. The Bertz CT molecular complexity index is 444. The van der Waals surface area contributed by atoms with Crippen molar-refractivity contribution in [2.45, 2.75) is 11.7 Å². The number of carbonyl (C=O) groups is 2. The third kappa shape index (κ3) is 1.50. The summed E-state index contributed by atoms with van der Waals surface area (Å²) in [5, 5.41) is 0. The molecule has 16 heavy (non-hydrogen) atoms. The lowest BCUT2D eigenvalue weighted by Gasteiger charge is -2.03. The Balaban J connectivity index is 2.30. The normalized spacial score (nSPS) is 21.4. The van der Waals surface area contributed by atoms with E-state index >= 15 is 0 Å². The number of hydrogen-bond donors (Lipinski definition) is 2. The molecule has 1 aromatic rings. The van der Waals surface area contributed by atoms with Crippen LogP contribution in [-0.4, -0.2) is 17.4 Å². The van der Waals surface area contributed by atoms with Gasteiger partial charge in [-0.1, -0.05) is 28.1 Å². The van der Waals surface area contributed by atoms with E-state index in [4.69, 9.17) is 16.2 Å². The van der Waals surface area contributed by atoms with Gasteiger partial charge in [0.25, 0.3) is 17.4 Å². The highest BCUT2D eigenvalue weighted by atomic mass is 79.9. The summed E-state index contributed by atoms with van der Waals surface area (Å²) in [5.74, 6) is -1.71. The number of hydrogen-bond acceptors (Lipinski definition) is 3. The molecule has 5 nitrogen and oxygen atoms in total. The molecule has 0 unspecified atom stereocenters. The fourth-order valence-electron chi connectivity index (χ4n) is 1.59. The van der Waals surface area contributed by atoms with Gasteiger partial charge in [0.2, 0.25) is 0 Å². The van der Waals surface area contributed by atoms with E-state index in [1.165, 1.54) is 0 Å². The average Bonchev–Trinajstić information content (AvgIpc) is 2.95. The van der Waals surface area contributed by atoms with E-state index in [1.54, 1.807) is 24.3 Å². The van der Waals surface area contributed by atoms with Crippen molar-refractivity contribution in [3.63, 3.8) is 0 Å². The van der Waals surface area contributed by atoms with Crippen molar-refractivity contribution >= 4 is 27.7 Å². The highest BCUT2D eigenvalue weighted by Crippen LogP contribution is 2.49. The van der Waals surface area contributed by atoms with Gasteiger partial charge < -0.3 is 16.2 Å². The molecule has 1 atom stereocenters. The van der Waals surface area contributed by atoms with Crippen LogP contribution < -0.4 is 11.5 Å². The Morgan fingerprint density at radius 2 is 1.69 bits per heavy atom. The maximum Gasteiger partial charge on any atom is 0.262 e. The summed E-state index contributed by atoms with van der Waals surface area (Å²) in [4.78, 5) is 22.3. The van der Waals surface area contributed by atoms with Crippen LogP contribution in [0.3, 0.4) is 0 Å². The summed E-state index contributed by atoms with van der Waals surface area (Å²) < 4.78 is 5.98. The largest absolute Gasteiger partial charge is 0.367 e. The molecule has 1 fully saturated rings. The predicted molar refractivity (Wildman–Crippen MR) is 59.1 cm³/mol. The van der Waals surface area contributed by atoms with Crippen LogP contribution in [0.2, 0.25) is 0 Å². The van der Waals surface area contributed by atoms with Crippen LogP contribution in [0.5, 0.6) is 0 Å². The van der Waals surface area contributed by atoms with Gasteiger partial charge in [-0.15, -0.1) is 0 Å². The van der Waals surface area contributed by atoms with E-state index in [0.29, 0.717) is 5.56 Å². The molecule has 6 heteroatoms. The summed E-state index contributed by atoms with van der Waals surface area (Å²) in [6, 6.07) is 7.04. The molecule has 0 bridgehead atoms. The zero-order valence-electron chi connectivity index (χ0n) is 8.14. The number of ether oxygens (including phenoxy) is 1. The van der Waals surface area contributed by atoms with Gasteiger partial charge in [0.05, 0.1) is 0 Å². The first-order valence-electron chi connectivity index (χ1n) is 4.51. The average molecular weight is 285 g/mol. The highest BCUT2D eigenvalue weighted by molar-refractivity contribution is 9.10. The Labute approximate surface area is 99.9 Å². The summed E-state index contributed by atoms with van der Waals surface area (Å²) in [5.41, 5.74) is 9.26. The molecule has 0 saturated carbocycles. The Morgan fingerprint density at radius 1 is 1.19 bits per heavy atom. The number of halogens is 1. The van der Waals surface area contributed by atoms with Crippen LogP contribution >= 0.6 is 15.9 Å². The third-order valence-electron chi connectivity index (χ3n) is 2.52. The lowest BCUT2D eigenvalue weighted by atomic mass is 9.98. The molecule has 0 spiro atoms. The number of rotatable bonds is 3. The molecule has 84 valence electrons. The molecule has 1 saturated heterocycles. The molecular weight excluding hydrogens is 276 g/mol. The van der Waals surface area contributed by atoms with E-state index in [-0.39, 0.29) is 0 Å². The van der Waals surface area contributed by atoms with Gasteiger partial charge in [-0.05, 0) is 17.7 Å². The topological polar surface area (TPSA) is 98.7 Å². The SMILES string of the molecule is NC(=O)C1(C(N)=O)O[C@@H]1c1ccc(Br)cc1. The van der Waals surface area contributed by atoms with Crippen molar-refractivity contribution in [1.82, 2.24) is 0 Å². The van der Waals surface area contributed by atoms with Gasteiger partial charge in [0.1, 0.15) is 6.10 Å². The van der Waals surface area contributed by atoms with E-state index in [9.17, 15) is 9.59 Å². The van der Waals surface area contributed by atoms with Crippen LogP contribution in [0.1, 0.15) is 11.7 Å². The molecule has 2 amide bonds. The zero-order valence-corrected chi connectivity index (χ0v) is 9.73. The zero-order chi connectivity index (χ0) is 11.9. The summed E-state index contributed by atoms with van der Waals surface area (Å²) in [6.45, 7) is 0. The minimum absolute atomic E-state index is 0.671. The van der Waals surface area contributed by atoms with Crippen LogP contribution in [0.4, 0.5) is 0 Å². The quantitative estimate of drug-likeness (QED) is 0.614. The van der Waals surface area contributed by atoms with E-state index in [2.05, 4.69) is 15.9 Å². The first-order chi connectivity index (χ1) is 7.48. The number of epoxide rings is 1. The van der Waals surface area contributed by atoms with E-state index in [1.807, 2.05) is 0 Å². The fraction of sp³-hybridized carbons (Fsp3) is 0.200. The number of nitrogens with two attached hydrogens (primary N) is 2. The number of primary amides is 2. The second-order valence-corrected chi connectivity index (χ2v) is 4.43. The summed E-state index contributed by atoms with van der Waals surface area (Å²) >= 11 is 3.28. The maximum atomic E-state index is 11.2. The van der Waals surface area contributed by atoms with Gasteiger partial charge in [0.15, 0.2) is 0 Å². The highest BCUT2D eigenvalue weighted by Gasteiger charge is 2.67. The second-order valence-electron chi connectivity index (χ2n) is 3.51. The lowest BCUT2D eigenvalue weighted by molar-refractivity contribution is -0.133. The van der Waals surface area contributed by atoms with Crippen LogP contribution in [0.25, 0.3) is 0 Å². The van der Waals surface area contributed by atoms with Crippen LogP contribution in [0.15, 0.2) is 28.7 Å². The molecule has 0 aromatic heterocycles. The monoisotopic (exact) mass is 284 g/mol. The molecule has 1 aliphatic heterocycles. The number of carbonyl (C=O) groups excluding carboxylic acids is 2. The summed E-state index contributed by atoms with van der Waals surface area (Å²) in [6.07, 6.45) is -0.671. The molecule has 1 heterocycles. The first-order valence-corrected chi connectivity index (χ1v) is 5.31. The Kier molecular flexibility index (Phi) is 2.47. The first kappa shape index (κ1) is 11.1. The van der Waals surface area contributed by atoms with Crippen molar-refractivity contribution in [1.29, 1.82) is 0 Å². The fourth-order valence-corrected chi connectivity index (χ4v) is 1.85. The second kappa shape index (κ2) is 3.57. The van der Waals surface area contributed by atoms with Gasteiger partial charge in [0, 0.05) is 4.47 Å². The van der Waals surface area contributed by atoms with Gasteiger partial charge in [-0.2, -0.15) is 0 Å². The molecule has 0 radical (unpaired) electrons. The summed E-state index contributed by atoms with van der Waals surface area (Å²) in [7, 11) is 0. The number of amides is 2. The van der Waals surface area contributed by atoms with Crippen molar-refractivity contribution in [3.05, 3.63) is 34.3 Å². The van der Waals surface area contributed by atoms with Crippen molar-refractivity contribution in [2.75, 3.05) is 0 Å². The van der Waals surface area contributed by atoms with Crippen molar-refractivity contribution < 1.29 is 14.3 Å². The van der Waals surface area contributed by atoms with E-state index < -0.39 is 23.5 Å². The maximum absolute atomic E-state index is 11.2. The smallest absolute Gasteiger partial charge is 0.262 e. The standard InChI is InChI=1S/C10H9BrN2O3/c11-6-3-1-5(2-4-6)7-10(16-7,8(12)14)9(13)15/h1-4,7H,(H2,12,14)(H2,13,15)/t7-/m1/s1. The molecule has 4 N–H and O–H groups in total. The molecule has 0 aliphatic carbocycles. The predicted octanol–water partition coefficient (Wildman–Crippen LogP) is 0.230. The minimum atomic E-state index is -1.67. The molecule has 2 rings (SSSR count). The van der Waals surface area contributed by atoms with Crippen LogP contribution in [0, 0.1) is 0 Å². The van der Waals surface area contributed by atoms with Gasteiger partial charge in [-0.3, -0.25) is 9.59 Å². The van der Waals surface area contributed by atoms with Gasteiger partial charge in [-0.25, -0.2) is 0 Å². The molecule has 1 aliphatic rings. The lowest BCUT2D eigenvalue weighted by Crippen LogP contribution is -2.44.